The van der Waals surface area contributed by atoms with E-state index in [1.165, 1.54) is 25.9 Å². The third-order valence-electron chi connectivity index (χ3n) is 2.71. The summed E-state index contributed by atoms with van der Waals surface area (Å²) in [7, 11) is 3.02. The number of nitrogens with zero attached hydrogens (tertiary/aromatic N) is 2. The van der Waals surface area contributed by atoms with E-state index in [1.54, 1.807) is 0 Å². The van der Waals surface area contributed by atoms with Crippen LogP contribution >= 0.6 is 11.3 Å². The quantitative estimate of drug-likeness (QED) is 0.924. The standard InChI is InChI=1S/C12H11F3N2O2S/c1-5-4-6(12(13,14)15)7-8(17(2)3)9(11(18)19)20-10(7)16-5/h4H,1-3H3,(H,18,19). The van der Waals surface area contributed by atoms with Crippen LogP contribution in [0.4, 0.5) is 18.9 Å². The number of hydrogen-bond donors (Lipinski definition) is 1. The first-order chi connectivity index (χ1) is 9.12. The zero-order chi connectivity index (χ0) is 15.2. The number of aryl methyl sites for hydroxylation is 1. The smallest absolute Gasteiger partial charge is 0.417 e. The van der Waals surface area contributed by atoms with Crippen molar-refractivity contribution >= 4 is 33.2 Å². The molecule has 0 atom stereocenters. The van der Waals surface area contributed by atoms with Crippen LogP contribution in [0.25, 0.3) is 10.2 Å². The number of rotatable bonds is 2. The lowest BCUT2D eigenvalue weighted by Crippen LogP contribution is -2.14. The summed E-state index contributed by atoms with van der Waals surface area (Å²) in [5.74, 6) is -1.26. The van der Waals surface area contributed by atoms with Gasteiger partial charge in [-0.25, -0.2) is 9.78 Å². The fourth-order valence-corrected chi connectivity index (χ4v) is 3.16. The number of anilines is 1. The zero-order valence-corrected chi connectivity index (χ0v) is 11.7. The van der Waals surface area contributed by atoms with Gasteiger partial charge in [0.2, 0.25) is 0 Å². The Hall–Kier alpha value is -1.83. The van der Waals surface area contributed by atoms with Crippen molar-refractivity contribution in [2.45, 2.75) is 13.1 Å². The van der Waals surface area contributed by atoms with Gasteiger partial charge in [-0.3, -0.25) is 0 Å². The van der Waals surface area contributed by atoms with Gasteiger partial charge < -0.3 is 10.0 Å². The summed E-state index contributed by atoms with van der Waals surface area (Å²) in [6, 6.07) is 0.938. The second-order valence-corrected chi connectivity index (χ2v) is 5.47. The molecule has 0 saturated carbocycles. The molecule has 0 spiro atoms. The van der Waals surface area contributed by atoms with Gasteiger partial charge in [-0.2, -0.15) is 13.2 Å². The molecule has 0 aromatic carbocycles. The van der Waals surface area contributed by atoms with Crippen molar-refractivity contribution in [3.05, 3.63) is 22.2 Å². The van der Waals surface area contributed by atoms with E-state index in [9.17, 15) is 18.0 Å². The van der Waals surface area contributed by atoms with E-state index in [4.69, 9.17) is 5.11 Å². The molecule has 2 heterocycles. The Morgan fingerprint density at radius 1 is 1.40 bits per heavy atom. The number of halogens is 3. The van der Waals surface area contributed by atoms with Gasteiger partial charge in [-0.15, -0.1) is 11.3 Å². The minimum absolute atomic E-state index is 0.0392. The molecule has 0 amide bonds. The summed E-state index contributed by atoms with van der Waals surface area (Å²) in [5.41, 5.74) is -0.613. The Balaban J connectivity index is 2.97. The molecule has 0 aliphatic rings. The van der Waals surface area contributed by atoms with Crippen LogP contribution in [0.15, 0.2) is 6.07 Å². The van der Waals surface area contributed by atoms with Crippen molar-refractivity contribution in [3.8, 4) is 0 Å². The summed E-state index contributed by atoms with van der Waals surface area (Å²) >= 11 is 0.752. The Bertz CT molecular complexity index is 692. The fourth-order valence-electron chi connectivity index (χ4n) is 2.00. The first-order valence-electron chi connectivity index (χ1n) is 5.55. The minimum Gasteiger partial charge on any atom is -0.477 e. The molecular weight excluding hydrogens is 293 g/mol. The van der Waals surface area contributed by atoms with Gasteiger partial charge in [0.25, 0.3) is 0 Å². The molecule has 0 saturated heterocycles. The van der Waals surface area contributed by atoms with E-state index in [-0.39, 0.29) is 26.5 Å². The van der Waals surface area contributed by atoms with Crippen LogP contribution in [-0.4, -0.2) is 30.2 Å². The fraction of sp³-hybridized carbons (Fsp3) is 0.333. The maximum absolute atomic E-state index is 13.2. The van der Waals surface area contributed by atoms with Gasteiger partial charge in [-0.05, 0) is 13.0 Å². The van der Waals surface area contributed by atoms with Crippen LogP contribution in [-0.2, 0) is 6.18 Å². The first-order valence-corrected chi connectivity index (χ1v) is 6.36. The van der Waals surface area contributed by atoms with Gasteiger partial charge in [0.05, 0.1) is 11.3 Å². The molecule has 8 heteroatoms. The van der Waals surface area contributed by atoms with Crippen LogP contribution in [0.1, 0.15) is 20.9 Å². The number of aromatic nitrogens is 1. The summed E-state index contributed by atoms with van der Waals surface area (Å²) < 4.78 is 39.5. The average molecular weight is 304 g/mol. The normalized spacial score (nSPS) is 11.9. The third-order valence-corrected chi connectivity index (χ3v) is 3.77. The lowest BCUT2D eigenvalue weighted by molar-refractivity contribution is -0.136. The number of thiophene rings is 1. The summed E-state index contributed by atoms with van der Waals surface area (Å²) in [5, 5.41) is 9.00. The van der Waals surface area contributed by atoms with Gasteiger partial charge >= 0.3 is 12.1 Å². The Morgan fingerprint density at radius 2 is 2.00 bits per heavy atom. The molecule has 0 bridgehead atoms. The van der Waals surface area contributed by atoms with Gasteiger partial charge in [0.15, 0.2) is 0 Å². The Kier molecular flexibility index (Phi) is 3.37. The number of carboxylic acid groups (broad SMARTS) is 1. The van der Waals surface area contributed by atoms with Crippen molar-refractivity contribution in [3.63, 3.8) is 0 Å². The van der Waals surface area contributed by atoms with E-state index in [2.05, 4.69) is 4.98 Å². The molecule has 0 fully saturated rings. The lowest BCUT2D eigenvalue weighted by Gasteiger charge is -2.16. The van der Waals surface area contributed by atoms with Crippen molar-refractivity contribution < 1.29 is 23.1 Å². The molecule has 0 aliphatic heterocycles. The topological polar surface area (TPSA) is 53.4 Å². The van der Waals surface area contributed by atoms with Gasteiger partial charge in [0.1, 0.15) is 9.71 Å². The number of hydrogen-bond acceptors (Lipinski definition) is 4. The zero-order valence-electron chi connectivity index (χ0n) is 10.9. The number of fused-ring (bicyclic) bond motifs is 1. The second-order valence-electron chi connectivity index (χ2n) is 4.47. The van der Waals surface area contributed by atoms with E-state index in [0.717, 1.165) is 17.4 Å². The summed E-state index contributed by atoms with van der Waals surface area (Å²) in [6.07, 6.45) is -4.56. The molecule has 4 nitrogen and oxygen atoms in total. The molecule has 1 N–H and O–H groups in total. The summed E-state index contributed by atoms with van der Waals surface area (Å²) in [4.78, 5) is 16.5. The predicted molar refractivity (Wildman–Crippen MR) is 70.6 cm³/mol. The number of aromatic carboxylic acids is 1. The lowest BCUT2D eigenvalue weighted by atomic mass is 10.1. The van der Waals surface area contributed by atoms with Gasteiger partial charge in [-0.1, -0.05) is 0 Å². The summed E-state index contributed by atoms with van der Waals surface area (Å²) in [6.45, 7) is 1.45. The molecule has 108 valence electrons. The maximum atomic E-state index is 13.2. The van der Waals surface area contributed by atoms with Crippen LogP contribution in [0.2, 0.25) is 0 Å². The van der Waals surface area contributed by atoms with Crippen LogP contribution in [0, 0.1) is 6.92 Å². The SMILES string of the molecule is Cc1cc(C(F)(F)F)c2c(N(C)C)c(C(=O)O)sc2n1. The average Bonchev–Trinajstić information content (AvgIpc) is 2.65. The molecule has 20 heavy (non-hydrogen) atoms. The van der Waals surface area contributed by atoms with Crippen LogP contribution in [0.5, 0.6) is 0 Å². The molecule has 0 unspecified atom stereocenters. The van der Waals surface area contributed by atoms with Crippen molar-refractivity contribution in [2.75, 3.05) is 19.0 Å². The first kappa shape index (κ1) is 14.6. The van der Waals surface area contributed by atoms with Crippen molar-refractivity contribution in [2.24, 2.45) is 0 Å². The van der Waals surface area contributed by atoms with Crippen LogP contribution in [0.3, 0.4) is 0 Å². The highest BCUT2D eigenvalue weighted by Crippen LogP contribution is 2.44. The minimum atomic E-state index is -4.56. The molecule has 0 aliphatic carbocycles. The van der Waals surface area contributed by atoms with Crippen molar-refractivity contribution in [1.29, 1.82) is 0 Å². The van der Waals surface area contributed by atoms with E-state index in [0.29, 0.717) is 0 Å². The monoisotopic (exact) mass is 304 g/mol. The number of alkyl halides is 3. The van der Waals surface area contributed by atoms with E-state index >= 15 is 0 Å². The third kappa shape index (κ3) is 2.31. The van der Waals surface area contributed by atoms with Crippen LogP contribution < -0.4 is 4.90 Å². The maximum Gasteiger partial charge on any atom is 0.417 e. The van der Waals surface area contributed by atoms with E-state index in [1.807, 2.05) is 0 Å². The predicted octanol–water partition coefficient (Wildman–Crippen LogP) is 3.39. The van der Waals surface area contributed by atoms with E-state index < -0.39 is 17.7 Å². The molecule has 2 rings (SSSR count). The number of pyridine rings is 1. The molecular formula is C12H11F3N2O2S. The van der Waals surface area contributed by atoms with Crippen molar-refractivity contribution in [1.82, 2.24) is 4.98 Å². The van der Waals surface area contributed by atoms with Gasteiger partial charge in [0, 0.05) is 25.2 Å². The number of carbonyl (C=O) groups is 1. The Morgan fingerprint density at radius 3 is 2.45 bits per heavy atom. The highest BCUT2D eigenvalue weighted by molar-refractivity contribution is 7.21. The Labute approximate surface area is 116 Å². The highest BCUT2D eigenvalue weighted by Gasteiger charge is 2.36. The highest BCUT2D eigenvalue weighted by atomic mass is 32.1. The molecule has 0 radical (unpaired) electrons. The molecule has 2 aromatic heterocycles. The molecule has 2 aromatic rings. The second kappa shape index (κ2) is 4.62. The number of carboxylic acids is 1. The largest absolute Gasteiger partial charge is 0.477 e.